The second-order valence-electron chi connectivity index (χ2n) is 3.64. The maximum Gasteiger partial charge on any atom is 0.257 e. The Balaban J connectivity index is 2.26. The highest BCUT2D eigenvalue weighted by Crippen LogP contribution is 2.18. The molecule has 0 atom stereocenters. The van der Waals surface area contributed by atoms with Crippen molar-refractivity contribution in [2.24, 2.45) is 0 Å². The number of carbonyl (C=O) groups excluding carboxylic acids is 1. The molecule has 0 N–H and O–H groups in total. The lowest BCUT2D eigenvalue weighted by Gasteiger charge is -2.23. The third-order valence-electron chi connectivity index (χ3n) is 2.50. The summed E-state index contributed by atoms with van der Waals surface area (Å²) in [7, 11) is 0. The molecule has 0 fully saturated rings. The van der Waals surface area contributed by atoms with E-state index < -0.39 is 5.82 Å². The van der Waals surface area contributed by atoms with Gasteiger partial charge in [0.15, 0.2) is 0 Å². The fraction of sp³-hybridized carbons (Fsp3) is 0.250. The predicted molar refractivity (Wildman–Crippen MR) is 63.8 cm³/mol. The van der Waals surface area contributed by atoms with E-state index in [0.29, 0.717) is 17.6 Å². The van der Waals surface area contributed by atoms with Crippen molar-refractivity contribution in [3.8, 4) is 0 Å². The lowest BCUT2D eigenvalue weighted by Crippen LogP contribution is -2.34. The Hall–Kier alpha value is -1.16. The van der Waals surface area contributed by atoms with Gasteiger partial charge in [-0.3, -0.25) is 4.79 Å². The number of halogens is 2. The van der Waals surface area contributed by atoms with Gasteiger partial charge in [-0.05, 0) is 24.6 Å². The van der Waals surface area contributed by atoms with Crippen LogP contribution in [0, 0.1) is 5.82 Å². The average molecular weight is 284 g/mol. The molecule has 0 unspecified atom stereocenters. The average Bonchev–Trinajstić information content (AvgIpc) is 2.32. The Kier molecular flexibility index (Phi) is 3.39. The molecule has 1 aromatic carbocycles. The van der Waals surface area contributed by atoms with Gasteiger partial charge in [0.25, 0.3) is 5.91 Å². The van der Waals surface area contributed by atoms with Crippen molar-refractivity contribution in [3.63, 3.8) is 0 Å². The fourth-order valence-corrected chi connectivity index (χ4v) is 2.02. The van der Waals surface area contributed by atoms with E-state index in [4.69, 9.17) is 0 Å². The first-order valence-corrected chi connectivity index (χ1v) is 5.87. The smallest absolute Gasteiger partial charge is 0.257 e. The standard InChI is InChI=1S/C12H11BrFNO/c13-9-4-5-11(14)10(8-9)12(16)15-6-2-1-3-7-15/h1-2,4-5,8H,3,6-7H2. The fourth-order valence-electron chi connectivity index (χ4n) is 1.66. The molecule has 2 rings (SSSR count). The molecular weight excluding hydrogens is 273 g/mol. The van der Waals surface area contributed by atoms with E-state index in [0.717, 1.165) is 6.42 Å². The summed E-state index contributed by atoms with van der Waals surface area (Å²) in [5.41, 5.74) is 0.129. The molecule has 0 aliphatic carbocycles. The molecule has 1 aromatic rings. The van der Waals surface area contributed by atoms with Crippen LogP contribution in [0.2, 0.25) is 0 Å². The summed E-state index contributed by atoms with van der Waals surface area (Å²) < 4.78 is 14.2. The van der Waals surface area contributed by atoms with Crippen LogP contribution in [-0.4, -0.2) is 23.9 Å². The first kappa shape index (κ1) is 11.3. The molecule has 4 heteroatoms. The number of hydrogen-bond donors (Lipinski definition) is 0. The van der Waals surface area contributed by atoms with Gasteiger partial charge in [0.2, 0.25) is 0 Å². The molecule has 0 saturated carbocycles. The lowest BCUT2D eigenvalue weighted by atomic mass is 10.1. The highest BCUT2D eigenvalue weighted by atomic mass is 79.9. The Morgan fingerprint density at radius 2 is 2.19 bits per heavy atom. The highest BCUT2D eigenvalue weighted by Gasteiger charge is 2.19. The summed E-state index contributed by atoms with van der Waals surface area (Å²) >= 11 is 3.24. The van der Waals surface area contributed by atoms with Crippen LogP contribution in [0.5, 0.6) is 0 Å². The minimum atomic E-state index is -0.470. The van der Waals surface area contributed by atoms with Crippen molar-refractivity contribution in [2.45, 2.75) is 6.42 Å². The summed E-state index contributed by atoms with van der Waals surface area (Å²) in [4.78, 5) is 13.6. The van der Waals surface area contributed by atoms with Gasteiger partial charge < -0.3 is 4.90 Å². The summed E-state index contributed by atoms with van der Waals surface area (Å²) in [6.07, 6.45) is 4.79. The van der Waals surface area contributed by atoms with Crippen LogP contribution in [0.4, 0.5) is 4.39 Å². The van der Waals surface area contributed by atoms with Crippen LogP contribution in [-0.2, 0) is 0 Å². The summed E-state index contributed by atoms with van der Waals surface area (Å²) in [6.45, 7) is 1.21. The van der Waals surface area contributed by atoms with Crippen molar-refractivity contribution in [1.29, 1.82) is 0 Å². The first-order chi connectivity index (χ1) is 7.68. The lowest BCUT2D eigenvalue weighted by molar-refractivity contribution is 0.0766. The first-order valence-electron chi connectivity index (χ1n) is 5.08. The Labute approximate surface area is 102 Å². The molecule has 1 heterocycles. The van der Waals surface area contributed by atoms with E-state index >= 15 is 0 Å². The molecule has 0 saturated heterocycles. The summed E-state index contributed by atoms with van der Waals surface area (Å²) in [5, 5.41) is 0. The quantitative estimate of drug-likeness (QED) is 0.726. The van der Waals surface area contributed by atoms with E-state index in [-0.39, 0.29) is 11.5 Å². The number of carbonyl (C=O) groups is 1. The summed E-state index contributed by atoms with van der Waals surface area (Å²) in [5.74, 6) is -0.717. The zero-order chi connectivity index (χ0) is 11.5. The molecule has 1 aliphatic heterocycles. The maximum absolute atomic E-state index is 13.5. The molecule has 1 amide bonds. The van der Waals surface area contributed by atoms with E-state index in [2.05, 4.69) is 15.9 Å². The Bertz CT molecular complexity index is 445. The molecule has 0 radical (unpaired) electrons. The molecule has 0 aromatic heterocycles. The van der Waals surface area contributed by atoms with Crippen molar-refractivity contribution in [3.05, 3.63) is 46.2 Å². The highest BCUT2D eigenvalue weighted by molar-refractivity contribution is 9.10. The van der Waals surface area contributed by atoms with E-state index in [1.165, 1.54) is 12.1 Å². The largest absolute Gasteiger partial charge is 0.335 e. The van der Waals surface area contributed by atoms with Crippen molar-refractivity contribution in [1.82, 2.24) is 4.90 Å². The van der Waals surface area contributed by atoms with Crippen LogP contribution < -0.4 is 0 Å². The van der Waals surface area contributed by atoms with E-state index in [1.54, 1.807) is 11.0 Å². The number of nitrogens with zero attached hydrogens (tertiary/aromatic N) is 1. The van der Waals surface area contributed by atoms with Gasteiger partial charge >= 0.3 is 0 Å². The SMILES string of the molecule is O=C(c1cc(Br)ccc1F)N1CC=CCC1. The zero-order valence-electron chi connectivity index (χ0n) is 8.62. The van der Waals surface area contributed by atoms with Crippen LogP contribution in [0.15, 0.2) is 34.8 Å². The monoisotopic (exact) mass is 283 g/mol. The van der Waals surface area contributed by atoms with Gasteiger partial charge in [0.1, 0.15) is 5.82 Å². The number of rotatable bonds is 1. The number of hydrogen-bond acceptors (Lipinski definition) is 1. The van der Waals surface area contributed by atoms with Crippen LogP contribution in [0.1, 0.15) is 16.8 Å². The van der Waals surface area contributed by atoms with Crippen LogP contribution >= 0.6 is 15.9 Å². The van der Waals surface area contributed by atoms with Gasteiger partial charge in [-0.2, -0.15) is 0 Å². The van der Waals surface area contributed by atoms with Gasteiger partial charge in [0, 0.05) is 17.6 Å². The maximum atomic E-state index is 13.5. The minimum Gasteiger partial charge on any atom is -0.335 e. The van der Waals surface area contributed by atoms with Crippen LogP contribution in [0.3, 0.4) is 0 Å². The molecule has 84 valence electrons. The van der Waals surface area contributed by atoms with Gasteiger partial charge in [-0.25, -0.2) is 4.39 Å². The van der Waals surface area contributed by atoms with E-state index in [1.807, 2.05) is 12.2 Å². The van der Waals surface area contributed by atoms with Gasteiger partial charge in [-0.1, -0.05) is 28.1 Å². The van der Waals surface area contributed by atoms with Gasteiger partial charge in [-0.15, -0.1) is 0 Å². The van der Waals surface area contributed by atoms with Crippen molar-refractivity contribution < 1.29 is 9.18 Å². The second kappa shape index (κ2) is 4.78. The van der Waals surface area contributed by atoms with E-state index in [9.17, 15) is 9.18 Å². The van der Waals surface area contributed by atoms with Gasteiger partial charge in [0.05, 0.1) is 5.56 Å². The topological polar surface area (TPSA) is 20.3 Å². The normalized spacial score (nSPS) is 15.2. The molecule has 16 heavy (non-hydrogen) atoms. The van der Waals surface area contributed by atoms with Crippen molar-refractivity contribution in [2.75, 3.05) is 13.1 Å². The number of benzene rings is 1. The predicted octanol–water partition coefficient (Wildman–Crippen LogP) is 2.99. The van der Waals surface area contributed by atoms with Crippen LogP contribution in [0.25, 0.3) is 0 Å². The Morgan fingerprint density at radius 1 is 1.38 bits per heavy atom. The molecule has 1 aliphatic rings. The molecular formula is C12H11BrFNO. The molecule has 0 bridgehead atoms. The second-order valence-corrected chi connectivity index (χ2v) is 4.55. The number of amides is 1. The zero-order valence-corrected chi connectivity index (χ0v) is 10.2. The Morgan fingerprint density at radius 3 is 2.88 bits per heavy atom. The molecule has 2 nitrogen and oxygen atoms in total. The van der Waals surface area contributed by atoms with Crippen molar-refractivity contribution >= 4 is 21.8 Å². The third kappa shape index (κ3) is 2.32. The third-order valence-corrected chi connectivity index (χ3v) is 3.00. The molecule has 0 spiro atoms. The minimum absolute atomic E-state index is 0.129. The summed E-state index contributed by atoms with van der Waals surface area (Å²) in [6, 6.07) is 4.41.